The Morgan fingerprint density at radius 3 is 2.52 bits per heavy atom. The van der Waals surface area contributed by atoms with Gasteiger partial charge in [-0.1, -0.05) is 0 Å². The smallest absolute Gasteiger partial charge is 0.481 e. The molecule has 0 unspecified atom stereocenters. The molecule has 0 atom stereocenters. The molecule has 4 nitrogen and oxygen atoms in total. The molecule has 2 rings (SSSR count). The van der Waals surface area contributed by atoms with Crippen molar-refractivity contribution in [2.24, 2.45) is 0 Å². The molecule has 112 valence electrons. The molecular formula is C13H10F3NO3S. The Labute approximate surface area is 121 Å². The van der Waals surface area contributed by atoms with Crippen LogP contribution in [-0.4, -0.2) is 22.4 Å². The topological polar surface area (TPSA) is 59.4 Å². The Morgan fingerprint density at radius 2 is 1.95 bits per heavy atom. The van der Waals surface area contributed by atoms with E-state index in [1.165, 1.54) is 35.6 Å². The number of aryl methyl sites for hydroxylation is 1. The molecule has 0 aliphatic carbocycles. The van der Waals surface area contributed by atoms with Crippen LogP contribution in [0.2, 0.25) is 0 Å². The number of carboxylic acids is 1. The van der Waals surface area contributed by atoms with E-state index in [2.05, 4.69) is 9.72 Å². The van der Waals surface area contributed by atoms with Gasteiger partial charge in [-0.25, -0.2) is 4.98 Å². The van der Waals surface area contributed by atoms with Crippen LogP contribution in [0.4, 0.5) is 13.2 Å². The summed E-state index contributed by atoms with van der Waals surface area (Å²) in [6.45, 7) is 0. The van der Waals surface area contributed by atoms with E-state index in [0.29, 0.717) is 22.7 Å². The number of thiazole rings is 1. The van der Waals surface area contributed by atoms with Crippen molar-refractivity contribution < 1.29 is 27.8 Å². The largest absolute Gasteiger partial charge is 0.573 e. The number of carbonyl (C=O) groups is 1. The number of aliphatic carboxylic acids is 1. The van der Waals surface area contributed by atoms with Gasteiger partial charge in [0, 0.05) is 17.4 Å². The Morgan fingerprint density at radius 1 is 1.29 bits per heavy atom. The lowest BCUT2D eigenvalue weighted by molar-refractivity contribution is -0.274. The number of hydrogen-bond acceptors (Lipinski definition) is 4. The summed E-state index contributed by atoms with van der Waals surface area (Å²) < 4.78 is 39.9. The molecular weight excluding hydrogens is 307 g/mol. The van der Waals surface area contributed by atoms with Crippen molar-refractivity contribution in [1.29, 1.82) is 0 Å². The van der Waals surface area contributed by atoms with Crippen molar-refractivity contribution in [3.63, 3.8) is 0 Å². The number of halogens is 3. The van der Waals surface area contributed by atoms with Crippen LogP contribution in [0, 0.1) is 0 Å². The van der Waals surface area contributed by atoms with Gasteiger partial charge in [-0.15, -0.1) is 24.5 Å². The molecule has 0 saturated heterocycles. The number of benzene rings is 1. The van der Waals surface area contributed by atoms with Gasteiger partial charge in [-0.05, 0) is 24.3 Å². The third-order valence-electron chi connectivity index (χ3n) is 2.48. The first kappa shape index (κ1) is 15.3. The van der Waals surface area contributed by atoms with Crippen LogP contribution < -0.4 is 4.74 Å². The van der Waals surface area contributed by atoms with Crippen LogP contribution in [0.15, 0.2) is 29.6 Å². The molecule has 0 aliphatic rings. The van der Waals surface area contributed by atoms with Crippen molar-refractivity contribution in [1.82, 2.24) is 4.98 Å². The zero-order chi connectivity index (χ0) is 15.5. The number of aromatic nitrogens is 1. The fourth-order valence-electron chi connectivity index (χ4n) is 1.59. The van der Waals surface area contributed by atoms with Crippen molar-refractivity contribution in [3.8, 4) is 16.3 Å². The first-order chi connectivity index (χ1) is 9.83. The fraction of sp³-hybridized carbons (Fsp3) is 0.231. The highest BCUT2D eigenvalue weighted by Crippen LogP contribution is 2.28. The van der Waals surface area contributed by atoms with Crippen LogP contribution in [0.5, 0.6) is 5.75 Å². The summed E-state index contributed by atoms with van der Waals surface area (Å²) in [5.74, 6) is -1.20. The number of alkyl halides is 3. The quantitative estimate of drug-likeness (QED) is 0.913. The number of carboxylic acid groups (broad SMARTS) is 1. The van der Waals surface area contributed by atoms with Crippen LogP contribution in [-0.2, 0) is 11.2 Å². The number of ether oxygens (including phenoxy) is 1. The van der Waals surface area contributed by atoms with Crippen molar-refractivity contribution >= 4 is 17.3 Å². The standard InChI is InChI=1S/C13H10F3NO3S/c14-13(15,16)20-10-4-1-8(2-5-10)12-17-9(7-21-12)3-6-11(18)19/h1-2,4-5,7H,3,6H2,(H,18,19). The predicted octanol–water partition coefficient (Wildman–Crippen LogP) is 3.73. The summed E-state index contributed by atoms with van der Waals surface area (Å²) in [7, 11) is 0. The van der Waals surface area contributed by atoms with E-state index in [1.54, 1.807) is 5.38 Å². The van der Waals surface area contributed by atoms with Crippen molar-refractivity contribution in [3.05, 3.63) is 35.3 Å². The average molecular weight is 317 g/mol. The molecule has 8 heteroatoms. The molecule has 0 spiro atoms. The van der Waals surface area contributed by atoms with Gasteiger partial charge in [0.15, 0.2) is 0 Å². The van der Waals surface area contributed by atoms with Crippen LogP contribution in [0.25, 0.3) is 10.6 Å². The predicted molar refractivity (Wildman–Crippen MR) is 70.2 cm³/mol. The zero-order valence-electron chi connectivity index (χ0n) is 10.6. The maximum Gasteiger partial charge on any atom is 0.573 e. The summed E-state index contributed by atoms with van der Waals surface area (Å²) in [5.41, 5.74) is 1.30. The first-order valence-corrected chi connectivity index (χ1v) is 6.74. The zero-order valence-corrected chi connectivity index (χ0v) is 11.4. The maximum atomic E-state index is 12.0. The van der Waals surface area contributed by atoms with Gasteiger partial charge >= 0.3 is 12.3 Å². The number of hydrogen-bond donors (Lipinski definition) is 1. The monoisotopic (exact) mass is 317 g/mol. The van der Waals surface area contributed by atoms with E-state index in [1.807, 2.05) is 0 Å². The summed E-state index contributed by atoms with van der Waals surface area (Å²) in [6.07, 6.45) is -4.41. The summed E-state index contributed by atoms with van der Waals surface area (Å²) in [5, 5.41) is 10.9. The molecule has 0 aliphatic heterocycles. The van der Waals surface area contributed by atoms with E-state index in [4.69, 9.17) is 5.11 Å². The Balaban J connectivity index is 2.07. The highest BCUT2D eigenvalue weighted by Gasteiger charge is 2.30. The Bertz CT molecular complexity index is 622. The molecule has 1 heterocycles. The molecule has 0 radical (unpaired) electrons. The highest BCUT2D eigenvalue weighted by molar-refractivity contribution is 7.13. The second kappa shape index (κ2) is 6.13. The van der Waals surface area contributed by atoms with Gasteiger partial charge in [0.25, 0.3) is 0 Å². The highest BCUT2D eigenvalue weighted by atomic mass is 32.1. The third-order valence-corrected chi connectivity index (χ3v) is 3.42. The minimum Gasteiger partial charge on any atom is -0.481 e. The van der Waals surface area contributed by atoms with Gasteiger partial charge in [-0.2, -0.15) is 0 Å². The van der Waals surface area contributed by atoms with Gasteiger partial charge in [-0.3, -0.25) is 4.79 Å². The summed E-state index contributed by atoms with van der Waals surface area (Å²) in [6, 6.07) is 5.37. The molecule has 1 N–H and O–H groups in total. The van der Waals surface area contributed by atoms with Crippen LogP contribution >= 0.6 is 11.3 Å². The van der Waals surface area contributed by atoms with Gasteiger partial charge in [0.2, 0.25) is 0 Å². The summed E-state index contributed by atoms with van der Waals surface area (Å²) >= 11 is 1.31. The summed E-state index contributed by atoms with van der Waals surface area (Å²) in [4.78, 5) is 14.7. The average Bonchev–Trinajstić information content (AvgIpc) is 2.84. The molecule has 21 heavy (non-hydrogen) atoms. The van der Waals surface area contributed by atoms with E-state index >= 15 is 0 Å². The van der Waals surface area contributed by atoms with E-state index in [9.17, 15) is 18.0 Å². The molecule has 1 aromatic heterocycles. The van der Waals surface area contributed by atoms with Gasteiger partial charge < -0.3 is 9.84 Å². The fourth-order valence-corrected chi connectivity index (χ4v) is 2.45. The molecule has 0 bridgehead atoms. The number of rotatable bonds is 5. The lowest BCUT2D eigenvalue weighted by Crippen LogP contribution is -2.16. The minimum atomic E-state index is -4.72. The first-order valence-electron chi connectivity index (χ1n) is 5.86. The minimum absolute atomic E-state index is 0.0124. The van der Waals surface area contributed by atoms with Crippen molar-refractivity contribution in [2.75, 3.05) is 0 Å². The van der Waals surface area contributed by atoms with E-state index in [0.717, 1.165) is 0 Å². The maximum absolute atomic E-state index is 12.0. The lowest BCUT2D eigenvalue weighted by Gasteiger charge is -2.08. The molecule has 0 fully saturated rings. The van der Waals surface area contributed by atoms with Crippen molar-refractivity contribution in [2.45, 2.75) is 19.2 Å². The molecule has 1 aromatic carbocycles. The van der Waals surface area contributed by atoms with Crippen LogP contribution in [0.3, 0.4) is 0 Å². The molecule has 0 amide bonds. The van der Waals surface area contributed by atoms with Gasteiger partial charge in [0.1, 0.15) is 10.8 Å². The van der Waals surface area contributed by atoms with Crippen LogP contribution in [0.1, 0.15) is 12.1 Å². The second-order valence-corrected chi connectivity index (χ2v) is 4.97. The Hall–Kier alpha value is -2.09. The normalized spacial score (nSPS) is 11.4. The number of nitrogens with zero attached hydrogens (tertiary/aromatic N) is 1. The van der Waals surface area contributed by atoms with E-state index < -0.39 is 12.3 Å². The van der Waals surface area contributed by atoms with E-state index in [-0.39, 0.29) is 12.2 Å². The third kappa shape index (κ3) is 4.75. The SMILES string of the molecule is O=C(O)CCc1csc(-c2ccc(OC(F)(F)F)cc2)n1. The van der Waals surface area contributed by atoms with Gasteiger partial charge in [0.05, 0.1) is 12.1 Å². The molecule has 2 aromatic rings. The molecule has 0 saturated carbocycles. The second-order valence-electron chi connectivity index (χ2n) is 4.11. The Kier molecular flexibility index (Phi) is 4.46. The lowest BCUT2D eigenvalue weighted by atomic mass is 10.2.